The Balaban J connectivity index is 1.45. The number of rotatable bonds is 6. The maximum Gasteiger partial charge on any atom is 0.220 e. The number of nitrogens with zero attached hydrogens (tertiary/aromatic N) is 3. The summed E-state index contributed by atoms with van der Waals surface area (Å²) in [7, 11) is 0. The van der Waals surface area contributed by atoms with Crippen LogP contribution in [0.15, 0.2) is 48.5 Å². The average Bonchev–Trinajstić information content (AvgIpc) is 2.76. The van der Waals surface area contributed by atoms with Crippen LogP contribution in [0.25, 0.3) is 11.3 Å². The van der Waals surface area contributed by atoms with Crippen molar-refractivity contribution in [3.8, 4) is 11.3 Å². The minimum Gasteiger partial charge on any atom is -0.368 e. The van der Waals surface area contributed by atoms with Gasteiger partial charge in [0.25, 0.3) is 0 Å². The lowest BCUT2D eigenvalue weighted by molar-refractivity contribution is 0.185. The summed E-state index contributed by atoms with van der Waals surface area (Å²) in [4.78, 5) is 11.4. The highest BCUT2D eigenvalue weighted by molar-refractivity contribution is 6.43. The Kier molecular flexibility index (Phi) is 7.11. The predicted molar refractivity (Wildman–Crippen MR) is 129 cm³/mol. The molecular formula is C25H28Cl2N4. The van der Waals surface area contributed by atoms with E-state index in [0.717, 1.165) is 36.6 Å². The molecular weight excluding hydrogens is 427 g/mol. The fourth-order valence-corrected chi connectivity index (χ4v) is 4.52. The molecule has 3 aromatic rings. The Morgan fingerprint density at radius 3 is 2.52 bits per heavy atom. The summed E-state index contributed by atoms with van der Waals surface area (Å²) < 4.78 is 0. The van der Waals surface area contributed by atoms with E-state index in [-0.39, 0.29) is 5.95 Å². The molecule has 4 nitrogen and oxygen atoms in total. The second-order valence-electron chi connectivity index (χ2n) is 8.48. The Labute approximate surface area is 194 Å². The van der Waals surface area contributed by atoms with Crippen LogP contribution in [0, 0.1) is 5.92 Å². The van der Waals surface area contributed by atoms with Crippen LogP contribution in [-0.2, 0) is 19.4 Å². The SMILES string of the molecule is CC1CCN(Cc2cccc(CCc3cc(-c4cccc(Cl)c4Cl)nc(N)n3)c2)CC1. The van der Waals surface area contributed by atoms with Gasteiger partial charge in [-0.05, 0) is 68.0 Å². The monoisotopic (exact) mass is 454 g/mol. The summed E-state index contributed by atoms with van der Waals surface area (Å²) in [5, 5.41) is 0.978. The highest BCUT2D eigenvalue weighted by Gasteiger charge is 2.16. The number of hydrogen-bond acceptors (Lipinski definition) is 4. The molecule has 1 fully saturated rings. The Morgan fingerprint density at radius 2 is 1.71 bits per heavy atom. The lowest BCUT2D eigenvalue weighted by atomic mass is 9.98. The lowest BCUT2D eigenvalue weighted by Crippen LogP contribution is -2.32. The molecule has 0 aliphatic carbocycles. The van der Waals surface area contributed by atoms with Crippen molar-refractivity contribution in [3.63, 3.8) is 0 Å². The second-order valence-corrected chi connectivity index (χ2v) is 9.27. The van der Waals surface area contributed by atoms with Gasteiger partial charge in [-0.1, -0.05) is 66.5 Å². The van der Waals surface area contributed by atoms with E-state index < -0.39 is 0 Å². The number of likely N-dealkylation sites (tertiary alicyclic amines) is 1. The van der Waals surface area contributed by atoms with Crippen molar-refractivity contribution in [2.45, 2.75) is 39.2 Å². The quantitative estimate of drug-likeness (QED) is 0.492. The number of hydrogen-bond donors (Lipinski definition) is 1. The third kappa shape index (κ3) is 5.76. The number of benzene rings is 2. The van der Waals surface area contributed by atoms with Gasteiger partial charge in [0.15, 0.2) is 0 Å². The molecule has 0 bridgehead atoms. The lowest BCUT2D eigenvalue weighted by Gasteiger charge is -2.30. The molecule has 1 aromatic heterocycles. The van der Waals surface area contributed by atoms with E-state index in [4.69, 9.17) is 28.9 Å². The smallest absolute Gasteiger partial charge is 0.220 e. The molecule has 6 heteroatoms. The highest BCUT2D eigenvalue weighted by Crippen LogP contribution is 2.33. The molecule has 0 radical (unpaired) electrons. The summed E-state index contributed by atoms with van der Waals surface area (Å²) in [6.07, 6.45) is 4.27. The first-order chi connectivity index (χ1) is 15.0. The Morgan fingerprint density at radius 1 is 0.968 bits per heavy atom. The summed E-state index contributed by atoms with van der Waals surface area (Å²) in [6.45, 7) is 5.77. The minimum atomic E-state index is 0.247. The molecule has 1 aliphatic rings. The number of piperidine rings is 1. The maximum absolute atomic E-state index is 6.37. The van der Waals surface area contributed by atoms with Crippen LogP contribution >= 0.6 is 23.2 Å². The van der Waals surface area contributed by atoms with Gasteiger partial charge < -0.3 is 5.73 Å². The van der Waals surface area contributed by atoms with Gasteiger partial charge in [-0.15, -0.1) is 0 Å². The van der Waals surface area contributed by atoms with E-state index in [1.807, 2.05) is 18.2 Å². The molecule has 0 spiro atoms. The van der Waals surface area contributed by atoms with E-state index in [2.05, 4.69) is 46.1 Å². The summed E-state index contributed by atoms with van der Waals surface area (Å²) in [5.74, 6) is 1.10. The molecule has 0 amide bonds. The van der Waals surface area contributed by atoms with E-state index in [0.29, 0.717) is 15.7 Å². The first kappa shape index (κ1) is 22.1. The number of aryl methyl sites for hydroxylation is 2. The fraction of sp³-hybridized carbons (Fsp3) is 0.360. The van der Waals surface area contributed by atoms with Gasteiger partial charge in [-0.3, -0.25) is 4.90 Å². The molecule has 2 N–H and O–H groups in total. The van der Waals surface area contributed by atoms with Crippen molar-refractivity contribution >= 4 is 29.2 Å². The van der Waals surface area contributed by atoms with E-state index >= 15 is 0 Å². The van der Waals surface area contributed by atoms with Crippen molar-refractivity contribution in [1.82, 2.24) is 14.9 Å². The fourth-order valence-electron chi connectivity index (χ4n) is 4.12. The van der Waals surface area contributed by atoms with Crippen LogP contribution in [0.2, 0.25) is 10.0 Å². The molecule has 0 unspecified atom stereocenters. The molecule has 2 aromatic carbocycles. The van der Waals surface area contributed by atoms with Gasteiger partial charge in [-0.25, -0.2) is 9.97 Å². The normalized spacial score (nSPS) is 15.3. The number of aromatic nitrogens is 2. The van der Waals surface area contributed by atoms with Gasteiger partial charge in [0, 0.05) is 17.8 Å². The summed E-state index contributed by atoms with van der Waals surface area (Å²) >= 11 is 12.5. The predicted octanol–water partition coefficient (Wildman–Crippen LogP) is 6.05. The number of nitrogen functional groups attached to an aromatic ring is 1. The van der Waals surface area contributed by atoms with Crippen molar-refractivity contribution in [3.05, 3.63) is 75.4 Å². The van der Waals surface area contributed by atoms with E-state index in [1.165, 1.54) is 37.1 Å². The Bertz CT molecular complexity index is 1050. The molecule has 2 heterocycles. The van der Waals surface area contributed by atoms with Gasteiger partial charge in [0.1, 0.15) is 0 Å². The van der Waals surface area contributed by atoms with E-state index in [9.17, 15) is 0 Å². The van der Waals surface area contributed by atoms with Gasteiger partial charge in [0.05, 0.1) is 15.7 Å². The second kappa shape index (κ2) is 9.99. The molecule has 31 heavy (non-hydrogen) atoms. The van der Waals surface area contributed by atoms with Crippen molar-refractivity contribution in [1.29, 1.82) is 0 Å². The summed E-state index contributed by atoms with van der Waals surface area (Å²) in [5.41, 5.74) is 11.0. The topological polar surface area (TPSA) is 55.0 Å². The summed E-state index contributed by atoms with van der Waals surface area (Å²) in [6, 6.07) is 16.3. The number of nitrogens with two attached hydrogens (primary N) is 1. The van der Waals surface area contributed by atoms with Crippen LogP contribution in [0.4, 0.5) is 5.95 Å². The third-order valence-electron chi connectivity index (χ3n) is 5.97. The first-order valence-corrected chi connectivity index (χ1v) is 11.6. The van der Waals surface area contributed by atoms with Crippen molar-refractivity contribution in [2.75, 3.05) is 18.8 Å². The molecule has 0 atom stereocenters. The maximum atomic E-state index is 6.37. The van der Waals surface area contributed by atoms with Gasteiger partial charge >= 0.3 is 0 Å². The first-order valence-electron chi connectivity index (χ1n) is 10.9. The zero-order chi connectivity index (χ0) is 21.8. The van der Waals surface area contributed by atoms with Crippen LogP contribution in [0.3, 0.4) is 0 Å². The number of anilines is 1. The zero-order valence-electron chi connectivity index (χ0n) is 17.8. The standard InChI is InChI=1S/C25H28Cl2N4/c1-17-10-12-31(13-11-17)16-19-5-2-4-18(14-19)8-9-20-15-23(30-25(28)29-20)21-6-3-7-22(26)24(21)27/h2-7,14-15,17H,8-13,16H2,1H3,(H2,28,29,30). The van der Waals surface area contributed by atoms with Gasteiger partial charge in [-0.2, -0.15) is 0 Å². The third-order valence-corrected chi connectivity index (χ3v) is 6.79. The largest absolute Gasteiger partial charge is 0.368 e. The van der Waals surface area contributed by atoms with Gasteiger partial charge in [0.2, 0.25) is 5.95 Å². The Hall–Kier alpha value is -2.14. The molecule has 1 aliphatic heterocycles. The molecule has 4 rings (SSSR count). The number of halogens is 2. The van der Waals surface area contributed by atoms with Crippen LogP contribution in [0.5, 0.6) is 0 Å². The van der Waals surface area contributed by atoms with Crippen LogP contribution < -0.4 is 5.73 Å². The van der Waals surface area contributed by atoms with Crippen molar-refractivity contribution in [2.24, 2.45) is 5.92 Å². The zero-order valence-corrected chi connectivity index (χ0v) is 19.3. The van der Waals surface area contributed by atoms with Crippen LogP contribution in [0.1, 0.15) is 36.6 Å². The molecule has 1 saturated heterocycles. The minimum absolute atomic E-state index is 0.247. The van der Waals surface area contributed by atoms with Crippen molar-refractivity contribution < 1.29 is 0 Å². The van der Waals surface area contributed by atoms with E-state index in [1.54, 1.807) is 6.07 Å². The average molecular weight is 455 g/mol. The highest BCUT2D eigenvalue weighted by atomic mass is 35.5. The van der Waals surface area contributed by atoms with Crippen LogP contribution in [-0.4, -0.2) is 28.0 Å². The molecule has 162 valence electrons. The molecule has 0 saturated carbocycles.